The van der Waals surface area contributed by atoms with E-state index in [1.165, 1.54) is 0 Å². The first kappa shape index (κ1) is 13.6. The monoisotopic (exact) mass is 395 g/mol. The molecule has 0 N–H and O–H groups in total. The van der Waals surface area contributed by atoms with E-state index >= 15 is 0 Å². The second-order valence-electron chi connectivity index (χ2n) is 4.63. The maximum Gasteiger partial charge on any atom is 0.195 e. The minimum Gasteiger partial charge on any atom is -0.350 e. The van der Waals surface area contributed by atoms with E-state index in [1.807, 2.05) is 54.2 Å². The maximum absolute atomic E-state index is 12.7. The van der Waals surface area contributed by atoms with Crippen LogP contribution in [-0.4, -0.2) is 10.4 Å². The van der Waals surface area contributed by atoms with Crippen LogP contribution in [0.15, 0.2) is 48.7 Å². The third-order valence-corrected chi connectivity index (χ3v) is 4.90. The second-order valence-corrected chi connectivity index (χ2v) is 6.20. The first-order chi connectivity index (χ1) is 9.58. The summed E-state index contributed by atoms with van der Waals surface area (Å²) in [6.45, 7) is 0. The van der Waals surface area contributed by atoms with Gasteiger partial charge in [0.2, 0.25) is 0 Å². The van der Waals surface area contributed by atoms with Crippen molar-refractivity contribution in [2.24, 2.45) is 7.05 Å². The van der Waals surface area contributed by atoms with E-state index < -0.39 is 0 Å². The molecule has 0 saturated carbocycles. The summed E-state index contributed by atoms with van der Waals surface area (Å²) >= 11 is 8.25. The van der Waals surface area contributed by atoms with Gasteiger partial charge in [0.25, 0.3) is 0 Å². The Kier molecular flexibility index (Phi) is 3.56. The van der Waals surface area contributed by atoms with Crippen molar-refractivity contribution in [3.05, 3.63) is 68.4 Å². The fourth-order valence-corrected chi connectivity index (χ4v) is 2.83. The lowest BCUT2D eigenvalue weighted by molar-refractivity contribution is 0.104. The average Bonchev–Trinajstić information content (AvgIpc) is 2.79. The zero-order valence-electron chi connectivity index (χ0n) is 10.7. The van der Waals surface area contributed by atoms with Crippen LogP contribution >= 0.6 is 34.2 Å². The van der Waals surface area contributed by atoms with Gasteiger partial charge in [0.05, 0.1) is 5.02 Å². The fraction of sp³-hybridized carbons (Fsp3) is 0.0625. The van der Waals surface area contributed by atoms with Crippen LogP contribution in [-0.2, 0) is 7.05 Å². The number of nitrogens with zero attached hydrogens (tertiary/aromatic N) is 1. The minimum atomic E-state index is 0.0000926. The Bertz CT molecular complexity index is 822. The van der Waals surface area contributed by atoms with Gasteiger partial charge in [-0.15, -0.1) is 0 Å². The molecule has 0 saturated heterocycles. The molecule has 0 aliphatic carbocycles. The Morgan fingerprint density at radius 2 is 1.95 bits per heavy atom. The Labute approximate surface area is 135 Å². The van der Waals surface area contributed by atoms with Crippen LogP contribution in [0.1, 0.15) is 15.9 Å². The van der Waals surface area contributed by atoms with Crippen molar-refractivity contribution in [3.8, 4) is 0 Å². The fourth-order valence-electron chi connectivity index (χ4n) is 2.32. The predicted molar refractivity (Wildman–Crippen MR) is 90.5 cm³/mol. The highest BCUT2D eigenvalue weighted by atomic mass is 127. The van der Waals surface area contributed by atoms with Crippen LogP contribution in [0.3, 0.4) is 0 Å². The number of para-hydroxylation sites is 1. The SMILES string of the molecule is Cn1cc(C(=O)c2ccc(I)c(Cl)c2)c2ccccc21. The molecule has 2 aromatic carbocycles. The van der Waals surface area contributed by atoms with Gasteiger partial charge in [-0.2, -0.15) is 0 Å². The van der Waals surface area contributed by atoms with E-state index in [-0.39, 0.29) is 5.78 Å². The molecule has 0 aliphatic rings. The molecule has 4 heteroatoms. The molecule has 0 bridgehead atoms. The van der Waals surface area contributed by atoms with Gasteiger partial charge >= 0.3 is 0 Å². The molecule has 20 heavy (non-hydrogen) atoms. The van der Waals surface area contributed by atoms with Crippen molar-refractivity contribution in [1.29, 1.82) is 0 Å². The van der Waals surface area contributed by atoms with Crippen molar-refractivity contribution in [1.82, 2.24) is 4.57 Å². The highest BCUT2D eigenvalue weighted by Gasteiger charge is 2.16. The largest absolute Gasteiger partial charge is 0.350 e. The van der Waals surface area contributed by atoms with E-state index in [1.54, 1.807) is 6.07 Å². The summed E-state index contributed by atoms with van der Waals surface area (Å²) in [6, 6.07) is 13.3. The molecule has 3 rings (SSSR count). The Morgan fingerprint density at radius 1 is 1.20 bits per heavy atom. The molecule has 0 atom stereocenters. The zero-order chi connectivity index (χ0) is 14.3. The number of rotatable bonds is 2. The van der Waals surface area contributed by atoms with E-state index in [0.717, 1.165) is 14.5 Å². The molecule has 0 fully saturated rings. The van der Waals surface area contributed by atoms with Gasteiger partial charge in [-0.1, -0.05) is 29.8 Å². The first-order valence-electron chi connectivity index (χ1n) is 6.12. The molecule has 0 unspecified atom stereocenters. The van der Waals surface area contributed by atoms with Crippen LogP contribution in [0.25, 0.3) is 10.9 Å². The van der Waals surface area contributed by atoms with Crippen LogP contribution in [0, 0.1) is 3.57 Å². The molecule has 100 valence electrons. The number of ketones is 1. The smallest absolute Gasteiger partial charge is 0.195 e. The van der Waals surface area contributed by atoms with Gasteiger partial charge in [-0.3, -0.25) is 4.79 Å². The minimum absolute atomic E-state index is 0.0000926. The molecule has 0 amide bonds. The number of carbonyl (C=O) groups excluding carboxylic acids is 1. The lowest BCUT2D eigenvalue weighted by Gasteiger charge is -2.02. The van der Waals surface area contributed by atoms with Crippen molar-refractivity contribution in [2.75, 3.05) is 0 Å². The van der Waals surface area contributed by atoms with Gasteiger partial charge in [0.15, 0.2) is 5.78 Å². The van der Waals surface area contributed by atoms with Crippen molar-refractivity contribution < 1.29 is 4.79 Å². The molecular weight excluding hydrogens is 385 g/mol. The molecule has 0 radical (unpaired) electrons. The highest BCUT2D eigenvalue weighted by Crippen LogP contribution is 2.25. The molecule has 0 aliphatic heterocycles. The Morgan fingerprint density at radius 3 is 2.70 bits per heavy atom. The Hall–Kier alpha value is -1.33. The van der Waals surface area contributed by atoms with Gasteiger partial charge in [-0.05, 0) is 46.9 Å². The van der Waals surface area contributed by atoms with E-state index in [0.29, 0.717) is 16.1 Å². The normalized spacial score (nSPS) is 10.9. The van der Waals surface area contributed by atoms with Crippen LogP contribution in [0.4, 0.5) is 0 Å². The number of hydrogen-bond acceptors (Lipinski definition) is 1. The maximum atomic E-state index is 12.7. The molecular formula is C16H11ClINO. The summed E-state index contributed by atoms with van der Waals surface area (Å²) < 4.78 is 2.91. The molecule has 1 heterocycles. The standard InChI is InChI=1S/C16H11ClINO/c1-19-9-12(11-4-2-3-5-15(11)19)16(20)10-6-7-14(18)13(17)8-10/h2-9H,1H3. The first-order valence-corrected chi connectivity index (χ1v) is 7.57. The van der Waals surface area contributed by atoms with Crippen LogP contribution in [0.5, 0.6) is 0 Å². The van der Waals surface area contributed by atoms with Crippen LogP contribution < -0.4 is 0 Å². The van der Waals surface area contributed by atoms with Gasteiger partial charge < -0.3 is 4.57 Å². The predicted octanol–water partition coefficient (Wildman–Crippen LogP) is 4.67. The number of aryl methyl sites for hydroxylation is 1. The van der Waals surface area contributed by atoms with Gasteiger partial charge in [0.1, 0.15) is 0 Å². The molecule has 1 aromatic heterocycles. The lowest BCUT2D eigenvalue weighted by atomic mass is 10.0. The number of halogens is 2. The van der Waals surface area contributed by atoms with E-state index in [2.05, 4.69) is 22.6 Å². The highest BCUT2D eigenvalue weighted by molar-refractivity contribution is 14.1. The molecule has 3 aromatic rings. The number of aromatic nitrogens is 1. The van der Waals surface area contributed by atoms with Gasteiger partial charge in [0, 0.05) is 38.8 Å². The summed E-state index contributed by atoms with van der Waals surface area (Å²) in [6.07, 6.45) is 1.87. The van der Waals surface area contributed by atoms with Crippen molar-refractivity contribution >= 4 is 50.9 Å². The summed E-state index contributed by atoms with van der Waals surface area (Å²) in [7, 11) is 1.94. The van der Waals surface area contributed by atoms with Crippen LogP contribution in [0.2, 0.25) is 5.02 Å². The summed E-state index contributed by atoms with van der Waals surface area (Å²) in [5.74, 6) is 0.0000926. The van der Waals surface area contributed by atoms with Gasteiger partial charge in [-0.25, -0.2) is 0 Å². The Balaban J connectivity index is 2.15. The quantitative estimate of drug-likeness (QED) is 0.457. The third kappa shape index (κ3) is 2.25. The molecule has 2 nitrogen and oxygen atoms in total. The number of carbonyl (C=O) groups is 1. The summed E-state index contributed by atoms with van der Waals surface area (Å²) in [5.41, 5.74) is 2.37. The summed E-state index contributed by atoms with van der Waals surface area (Å²) in [4.78, 5) is 12.7. The summed E-state index contributed by atoms with van der Waals surface area (Å²) in [5, 5.41) is 1.58. The second kappa shape index (κ2) is 5.22. The number of hydrogen-bond donors (Lipinski definition) is 0. The van der Waals surface area contributed by atoms with E-state index in [9.17, 15) is 4.79 Å². The third-order valence-electron chi connectivity index (χ3n) is 3.32. The molecule has 0 spiro atoms. The zero-order valence-corrected chi connectivity index (χ0v) is 13.6. The average molecular weight is 396 g/mol. The number of fused-ring (bicyclic) bond motifs is 1. The topological polar surface area (TPSA) is 22.0 Å². The number of benzene rings is 2. The van der Waals surface area contributed by atoms with Crippen molar-refractivity contribution in [2.45, 2.75) is 0 Å². The van der Waals surface area contributed by atoms with Crippen molar-refractivity contribution in [3.63, 3.8) is 0 Å². The van der Waals surface area contributed by atoms with E-state index in [4.69, 9.17) is 11.6 Å². The lowest BCUT2D eigenvalue weighted by Crippen LogP contribution is -2.00.